The Balaban J connectivity index is 1.58. The van der Waals surface area contributed by atoms with Crippen molar-refractivity contribution in [1.82, 2.24) is 10.6 Å². The number of hydrogen-bond donors (Lipinski definition) is 2. The zero-order valence-corrected chi connectivity index (χ0v) is 20.3. The molecule has 29 heavy (non-hydrogen) atoms. The summed E-state index contributed by atoms with van der Waals surface area (Å²) >= 11 is 1.65. The Morgan fingerprint density at radius 1 is 0.793 bits per heavy atom. The molecule has 6 nitrogen and oxygen atoms in total. The van der Waals surface area contributed by atoms with Crippen LogP contribution < -0.4 is 10.6 Å². The molecule has 0 aliphatic heterocycles. The van der Waals surface area contributed by atoms with Crippen molar-refractivity contribution in [2.75, 3.05) is 25.7 Å². The van der Waals surface area contributed by atoms with E-state index in [1.165, 1.54) is 0 Å². The van der Waals surface area contributed by atoms with Crippen LogP contribution in [0.15, 0.2) is 0 Å². The molecule has 0 aromatic heterocycles. The molecule has 2 saturated carbocycles. The Hall–Kier alpha value is -0.790. The van der Waals surface area contributed by atoms with E-state index in [1.807, 2.05) is 0 Å². The number of rotatable bonds is 10. The van der Waals surface area contributed by atoms with E-state index in [1.54, 1.807) is 26.0 Å². The fraction of sp³-hybridized carbons (Fsp3) is 0.909. The zero-order valence-electron chi connectivity index (χ0n) is 19.4. The van der Waals surface area contributed by atoms with Gasteiger partial charge in [-0.1, -0.05) is 27.7 Å². The molecule has 168 valence electrons. The van der Waals surface area contributed by atoms with E-state index in [4.69, 9.17) is 9.47 Å². The maximum Gasteiger partial charge on any atom is 0.221 e. The number of ether oxygens (including phenoxy) is 2. The highest BCUT2D eigenvalue weighted by molar-refractivity contribution is 7.99. The summed E-state index contributed by atoms with van der Waals surface area (Å²) in [5.74, 6) is 1.61. The summed E-state index contributed by atoms with van der Waals surface area (Å²) in [6, 6.07) is 0.304. The highest BCUT2D eigenvalue weighted by Gasteiger charge is 2.59. The van der Waals surface area contributed by atoms with Crippen molar-refractivity contribution >= 4 is 23.6 Å². The van der Waals surface area contributed by atoms with Gasteiger partial charge in [0.1, 0.15) is 0 Å². The largest absolute Gasteiger partial charge is 0.378 e. The monoisotopic (exact) mass is 428 g/mol. The molecular weight excluding hydrogens is 388 g/mol. The van der Waals surface area contributed by atoms with Gasteiger partial charge in [-0.2, -0.15) is 11.8 Å². The molecule has 0 heterocycles. The molecule has 0 bridgehead atoms. The Morgan fingerprint density at radius 2 is 1.14 bits per heavy atom. The van der Waals surface area contributed by atoms with E-state index in [9.17, 15) is 9.59 Å². The Morgan fingerprint density at radius 3 is 1.41 bits per heavy atom. The molecular formula is C22H40N2O4S. The molecule has 2 aliphatic carbocycles. The molecule has 0 spiro atoms. The van der Waals surface area contributed by atoms with Gasteiger partial charge in [0.15, 0.2) is 0 Å². The van der Waals surface area contributed by atoms with Gasteiger partial charge in [0, 0.05) is 61.5 Å². The molecule has 0 saturated heterocycles. The number of methoxy groups -OCH3 is 2. The van der Waals surface area contributed by atoms with Gasteiger partial charge >= 0.3 is 0 Å². The maximum absolute atomic E-state index is 12.2. The highest BCUT2D eigenvalue weighted by atomic mass is 32.2. The zero-order chi connectivity index (χ0) is 22.1. The van der Waals surface area contributed by atoms with Crippen LogP contribution in [0.5, 0.6) is 0 Å². The lowest BCUT2D eigenvalue weighted by Crippen LogP contribution is -2.68. The summed E-state index contributed by atoms with van der Waals surface area (Å²) in [5.41, 5.74) is -0.501. The lowest BCUT2D eigenvalue weighted by molar-refractivity contribution is -0.182. The summed E-state index contributed by atoms with van der Waals surface area (Å²) in [6.07, 6.45) is 2.64. The number of nitrogens with one attached hydrogen (secondary N) is 2. The van der Waals surface area contributed by atoms with Crippen molar-refractivity contribution in [1.29, 1.82) is 0 Å². The first-order valence-electron chi connectivity index (χ1n) is 10.6. The van der Waals surface area contributed by atoms with Gasteiger partial charge in [0.05, 0.1) is 11.2 Å². The maximum atomic E-state index is 12.2. The first-order chi connectivity index (χ1) is 13.3. The molecule has 4 atom stereocenters. The second kappa shape index (κ2) is 8.75. The van der Waals surface area contributed by atoms with E-state index in [0.29, 0.717) is 12.8 Å². The smallest absolute Gasteiger partial charge is 0.221 e. The lowest BCUT2D eigenvalue weighted by atomic mass is 9.56. The van der Waals surface area contributed by atoms with E-state index in [0.717, 1.165) is 24.3 Å². The fourth-order valence-corrected chi connectivity index (χ4v) is 5.27. The average Bonchev–Trinajstić information content (AvgIpc) is 2.66. The predicted octanol–water partition coefficient (Wildman–Crippen LogP) is 3.14. The average molecular weight is 429 g/mol. The summed E-state index contributed by atoms with van der Waals surface area (Å²) in [5, 5.41) is 6.27. The number of amides is 2. The third-order valence-corrected chi connectivity index (χ3v) is 9.16. The predicted molar refractivity (Wildman–Crippen MR) is 118 cm³/mol. The van der Waals surface area contributed by atoms with Gasteiger partial charge in [-0.15, -0.1) is 0 Å². The summed E-state index contributed by atoms with van der Waals surface area (Å²) in [7, 11) is 3.46. The number of hydrogen-bond acceptors (Lipinski definition) is 5. The number of thioether (sulfide) groups is 1. The lowest BCUT2D eigenvalue weighted by Gasteiger charge is -2.59. The molecule has 2 aliphatic rings. The quantitative estimate of drug-likeness (QED) is 0.523. The van der Waals surface area contributed by atoms with Crippen molar-refractivity contribution in [2.45, 2.75) is 90.5 Å². The first-order valence-corrected chi connectivity index (χ1v) is 11.8. The van der Waals surface area contributed by atoms with E-state index in [2.05, 4.69) is 52.2 Å². The van der Waals surface area contributed by atoms with Crippen molar-refractivity contribution in [3.05, 3.63) is 0 Å². The topological polar surface area (TPSA) is 76.7 Å². The van der Waals surface area contributed by atoms with Crippen molar-refractivity contribution in [3.63, 3.8) is 0 Å². The number of carbonyl (C=O) groups excluding carboxylic acids is 2. The van der Waals surface area contributed by atoms with Gasteiger partial charge in [0.2, 0.25) is 11.8 Å². The normalized spacial score (nSPS) is 34.6. The summed E-state index contributed by atoms with van der Waals surface area (Å²) in [6.45, 7) is 12.7. The first kappa shape index (κ1) is 24.5. The van der Waals surface area contributed by atoms with Crippen LogP contribution in [0, 0.1) is 10.8 Å². The molecule has 0 aromatic rings. The van der Waals surface area contributed by atoms with Gasteiger partial charge in [0.25, 0.3) is 0 Å². The van der Waals surface area contributed by atoms with Crippen molar-refractivity contribution in [2.24, 2.45) is 10.8 Å². The molecule has 2 rings (SSSR count). The minimum Gasteiger partial charge on any atom is -0.378 e. The molecule has 0 aromatic carbocycles. The van der Waals surface area contributed by atoms with Gasteiger partial charge in [-0.05, 0) is 26.7 Å². The summed E-state index contributed by atoms with van der Waals surface area (Å²) in [4.78, 5) is 24.5. The molecule has 7 heteroatoms. The van der Waals surface area contributed by atoms with E-state index < -0.39 is 0 Å². The van der Waals surface area contributed by atoms with Crippen LogP contribution >= 0.6 is 11.8 Å². The van der Waals surface area contributed by atoms with E-state index in [-0.39, 0.29) is 45.9 Å². The molecule has 2 amide bonds. The molecule has 4 unspecified atom stereocenters. The standard InChI is InChI=1S/C22H40N2O4S/c1-19(2)15(13-21(19,5)27-7)23-17(25)9-11-29-12-10-18(26)24-16-14-22(6,28-8)20(16,3)4/h15-16H,9-14H2,1-8H3,(H,23,25)(H,24,26). The van der Waals surface area contributed by atoms with Crippen LogP contribution in [0.2, 0.25) is 0 Å². The highest BCUT2D eigenvalue weighted by Crippen LogP contribution is 2.52. The number of carbonyl (C=O) groups is 2. The van der Waals surface area contributed by atoms with Crippen LogP contribution in [-0.4, -0.2) is 60.8 Å². The van der Waals surface area contributed by atoms with Crippen LogP contribution in [0.4, 0.5) is 0 Å². The third-order valence-electron chi connectivity index (χ3n) is 8.17. The molecule has 2 fully saturated rings. The van der Waals surface area contributed by atoms with Gasteiger partial charge in [-0.3, -0.25) is 9.59 Å². The third kappa shape index (κ3) is 4.62. The molecule has 0 radical (unpaired) electrons. The van der Waals surface area contributed by atoms with E-state index >= 15 is 0 Å². The summed E-state index contributed by atoms with van der Waals surface area (Å²) < 4.78 is 11.2. The van der Waals surface area contributed by atoms with Crippen LogP contribution in [-0.2, 0) is 19.1 Å². The van der Waals surface area contributed by atoms with Crippen molar-refractivity contribution in [3.8, 4) is 0 Å². The fourth-order valence-electron chi connectivity index (χ4n) is 4.41. The minimum atomic E-state index is -0.178. The second-order valence-corrected chi connectivity index (χ2v) is 11.3. The Bertz CT molecular complexity index is 572. The Kier molecular flexibility index (Phi) is 7.39. The van der Waals surface area contributed by atoms with Crippen LogP contribution in [0.1, 0.15) is 67.2 Å². The van der Waals surface area contributed by atoms with Gasteiger partial charge in [-0.25, -0.2) is 0 Å². The molecule has 2 N–H and O–H groups in total. The SMILES string of the molecule is COC1(C)CC(NC(=O)CCSCCC(=O)NC2CC(C)(OC)C2(C)C)C1(C)C. The second-order valence-electron chi connectivity index (χ2n) is 10.1. The Labute approximate surface area is 180 Å². The van der Waals surface area contributed by atoms with Crippen LogP contribution in [0.3, 0.4) is 0 Å². The van der Waals surface area contributed by atoms with Crippen molar-refractivity contribution < 1.29 is 19.1 Å². The minimum absolute atomic E-state index is 0.0726. The van der Waals surface area contributed by atoms with Gasteiger partial charge < -0.3 is 20.1 Å². The van der Waals surface area contributed by atoms with Crippen LogP contribution in [0.25, 0.3) is 0 Å².